The van der Waals surface area contributed by atoms with Crippen molar-refractivity contribution >= 4 is 74.9 Å². The SMILES string of the molecule is CC.CC(C)CCNC(=O)[C@@H](N)CS.CCCCN(CC(=O)N[C@@H](CC(C)C)C(=O)NCC(=O)N[C@@H](C)C(=O)NC[C@@H](C)OP(=O)(O)OCCCCCCCCc1ccccc1)C(=O)CCOC(C)(C)CCO.CS.Cc1cnc[nH]1.NC=O. The number of ether oxygens (including phenoxy) is 1. The van der Waals surface area contributed by atoms with Gasteiger partial charge in [0.15, 0.2) is 0 Å². The number of carbonyl (C=O) groups excluding carboxylic acids is 7. The van der Waals surface area contributed by atoms with E-state index in [1.165, 1.54) is 24.3 Å². The van der Waals surface area contributed by atoms with Crippen LogP contribution < -0.4 is 38.1 Å². The minimum Gasteiger partial charge on any atom is -0.396 e. The summed E-state index contributed by atoms with van der Waals surface area (Å²) in [4.78, 5) is 102. The van der Waals surface area contributed by atoms with E-state index in [-0.39, 0.29) is 69.9 Å². The second kappa shape index (κ2) is 55.0. The fraction of sp³-hybridized carbons (Fsp3) is 0.724. The van der Waals surface area contributed by atoms with Gasteiger partial charge in [0.05, 0.1) is 56.8 Å². The Morgan fingerprint density at radius 2 is 1.46 bits per heavy atom. The minimum atomic E-state index is -4.34. The first-order valence-electron chi connectivity index (χ1n) is 29.3. The highest BCUT2D eigenvalue weighted by molar-refractivity contribution is 7.80. The summed E-state index contributed by atoms with van der Waals surface area (Å²) < 4.78 is 28.4. The Morgan fingerprint density at radius 3 is 1.99 bits per heavy atom. The lowest BCUT2D eigenvalue weighted by atomic mass is 10.0. The second-order valence-electron chi connectivity index (χ2n) is 20.7. The number of rotatable bonds is 38. The molecule has 1 heterocycles. The molecule has 0 bridgehead atoms. The van der Waals surface area contributed by atoms with Crippen LogP contribution in [-0.4, -0.2) is 161 Å². The number of primary amides is 1. The largest absolute Gasteiger partial charge is 0.472 e. The van der Waals surface area contributed by atoms with Gasteiger partial charge in [-0.15, -0.1) is 0 Å². The van der Waals surface area contributed by atoms with Gasteiger partial charge in [-0.3, -0.25) is 42.6 Å². The maximum atomic E-state index is 13.1. The summed E-state index contributed by atoms with van der Waals surface area (Å²) in [5, 5.41) is 22.2. The molecule has 0 saturated heterocycles. The van der Waals surface area contributed by atoms with Crippen LogP contribution in [0.2, 0.25) is 0 Å². The average Bonchev–Trinajstić information content (AvgIpc) is 3.94. The molecule has 2 aromatic rings. The number of aryl methyl sites for hydroxylation is 2. The van der Waals surface area contributed by atoms with Crippen molar-refractivity contribution in [1.29, 1.82) is 0 Å². The van der Waals surface area contributed by atoms with Crippen LogP contribution in [0.3, 0.4) is 0 Å². The molecule has 0 aliphatic heterocycles. The third kappa shape index (κ3) is 51.8. The maximum absolute atomic E-state index is 13.1. The number of aromatic amines is 1. The Balaban J connectivity index is -0.00000106. The molecule has 0 aliphatic rings. The summed E-state index contributed by atoms with van der Waals surface area (Å²) in [6, 6.07) is 7.90. The van der Waals surface area contributed by atoms with Crippen molar-refractivity contribution in [3.05, 3.63) is 54.1 Å². The van der Waals surface area contributed by atoms with Crippen LogP contribution in [0.5, 0.6) is 0 Å². The number of imidazole rings is 1. The third-order valence-electron chi connectivity index (χ3n) is 11.6. The number of hydrogen-bond acceptors (Lipinski definition) is 16. The molecule has 7 amide bonds. The van der Waals surface area contributed by atoms with Gasteiger partial charge in [-0.1, -0.05) is 111 Å². The van der Waals surface area contributed by atoms with Crippen LogP contribution in [0.15, 0.2) is 42.9 Å². The number of nitrogens with zero attached hydrogens (tertiary/aromatic N) is 2. The van der Waals surface area contributed by atoms with Crippen molar-refractivity contribution < 1.29 is 61.9 Å². The van der Waals surface area contributed by atoms with Gasteiger partial charge in [0.1, 0.15) is 12.1 Å². The summed E-state index contributed by atoms with van der Waals surface area (Å²) in [5.74, 6) is -1.71. The highest BCUT2D eigenvalue weighted by atomic mass is 32.1. The standard InChI is InChI=1S/C42H74N5O11P.C8H18N2OS.C4H6N2.C2H6.CH3NO.CH4S/c1-8-9-24-47(39(51)22-27-56-42(6,7)23-25-48)31-38(50)46-36(28-32(2)3)41(53)44-30-37(49)45-34(5)40(52)43-29-33(4)58-59(54,55)57-26-18-13-11-10-12-15-19-35-20-16-14-17-21-35;1-6(2)3-4-10-8(11)7(9)5-12;1-4-2-5-3-6-4;1-2;2-1-3;1-2/h14,16-17,20-21,32-34,36,48H,8-13,15,18-19,22-31H2,1-7H3,(H,43,52)(H,44,53)(H,45,49)(H,46,50)(H,54,55);6-7,12H,3-5,9H2,1-2H3,(H,10,11);2-3H,1H3,(H,5,6);1-2H3;1H,(H2,2,3);2H,1H3/t33-,34+,36+;7-;;;;/m10..../s1. The Morgan fingerprint density at radius 1 is 0.857 bits per heavy atom. The summed E-state index contributed by atoms with van der Waals surface area (Å²) in [6.07, 6.45) is 14.6. The predicted molar refractivity (Wildman–Crippen MR) is 341 cm³/mol. The van der Waals surface area contributed by atoms with Crippen LogP contribution in [-0.2, 0) is 58.3 Å². The van der Waals surface area contributed by atoms with E-state index < -0.39 is 67.8 Å². The molecule has 0 fully saturated rings. The minimum absolute atomic E-state index is 0.00850. The lowest BCUT2D eigenvalue weighted by Gasteiger charge is -2.27. The normalized spacial score (nSPS) is 12.7. The molecular weight excluding hydrogens is 1140 g/mol. The van der Waals surface area contributed by atoms with Gasteiger partial charge >= 0.3 is 7.82 Å². The van der Waals surface area contributed by atoms with Crippen molar-refractivity contribution in [2.24, 2.45) is 23.3 Å². The number of benzene rings is 1. The molecule has 0 radical (unpaired) electrons. The number of aliphatic hydroxyl groups is 1. The number of unbranched alkanes of at least 4 members (excludes halogenated alkanes) is 6. The number of thiol groups is 2. The van der Waals surface area contributed by atoms with E-state index in [4.69, 9.17) is 24.3 Å². The number of amides is 7. The first kappa shape index (κ1) is 85.9. The number of H-pyrrole nitrogens is 1. The van der Waals surface area contributed by atoms with E-state index >= 15 is 0 Å². The second-order valence-corrected chi connectivity index (χ2v) is 22.5. The van der Waals surface area contributed by atoms with Crippen molar-refractivity contribution in [1.82, 2.24) is 41.5 Å². The third-order valence-corrected chi connectivity index (χ3v) is 13.1. The number of aliphatic hydroxyl groups excluding tert-OH is 1. The molecular formula is C58H111N10O13PS2. The van der Waals surface area contributed by atoms with Crippen molar-refractivity contribution in [3.63, 3.8) is 0 Å². The smallest absolute Gasteiger partial charge is 0.396 e. The summed E-state index contributed by atoms with van der Waals surface area (Å²) >= 11 is 7.46. The number of nitrogens with one attached hydrogen (secondary N) is 6. The van der Waals surface area contributed by atoms with Crippen LogP contribution in [0.4, 0.5) is 0 Å². The highest BCUT2D eigenvalue weighted by Crippen LogP contribution is 2.44. The van der Waals surface area contributed by atoms with Gasteiger partial charge in [-0.2, -0.15) is 25.3 Å². The molecule has 5 atom stereocenters. The zero-order valence-corrected chi connectivity index (χ0v) is 55.6. The maximum Gasteiger partial charge on any atom is 0.472 e. The van der Waals surface area contributed by atoms with Gasteiger partial charge < -0.3 is 62.7 Å². The quantitative estimate of drug-likeness (QED) is 0.0151. The number of hydrogen-bond donors (Lipinski definition) is 12. The Bertz CT molecular complexity index is 2030. The number of phosphoric acid groups is 1. The molecule has 0 spiro atoms. The monoisotopic (exact) mass is 1250 g/mol. The van der Waals surface area contributed by atoms with Crippen molar-refractivity contribution in [3.8, 4) is 0 Å². The highest BCUT2D eigenvalue weighted by Gasteiger charge is 2.28. The number of aromatic nitrogens is 2. The van der Waals surface area contributed by atoms with Gasteiger partial charge in [0, 0.05) is 43.9 Å². The zero-order valence-electron chi connectivity index (χ0n) is 52.9. The fourth-order valence-corrected chi connectivity index (χ4v) is 8.11. The molecule has 2 rings (SSSR count). The number of phosphoric ester groups is 1. The Hall–Kier alpha value is -4.59. The molecule has 12 N–H and O–H groups in total. The van der Waals surface area contributed by atoms with Crippen LogP contribution in [0.25, 0.3) is 0 Å². The van der Waals surface area contributed by atoms with Gasteiger partial charge in [-0.05, 0) is 103 Å². The molecule has 1 aromatic heterocycles. The van der Waals surface area contributed by atoms with E-state index in [1.54, 1.807) is 18.8 Å². The van der Waals surface area contributed by atoms with Gasteiger partial charge in [0.2, 0.25) is 41.9 Å². The lowest BCUT2D eigenvalue weighted by molar-refractivity contribution is -0.139. The fourth-order valence-electron chi connectivity index (χ4n) is 7.00. The summed E-state index contributed by atoms with van der Waals surface area (Å²) in [5.41, 5.74) is 11.5. The van der Waals surface area contributed by atoms with E-state index in [1.807, 2.05) is 73.6 Å². The summed E-state index contributed by atoms with van der Waals surface area (Å²) in [6.45, 7) is 22.9. The lowest BCUT2D eigenvalue weighted by Crippen LogP contribution is -2.53. The van der Waals surface area contributed by atoms with E-state index in [2.05, 4.69) is 93.5 Å². The van der Waals surface area contributed by atoms with Gasteiger partial charge in [-0.25, -0.2) is 9.55 Å². The van der Waals surface area contributed by atoms with Crippen LogP contribution >= 0.6 is 33.1 Å². The molecule has 0 saturated carbocycles. The molecule has 26 heteroatoms. The van der Waals surface area contributed by atoms with E-state index in [9.17, 15) is 43.3 Å². The van der Waals surface area contributed by atoms with Gasteiger partial charge in [0.25, 0.3) is 0 Å². The molecule has 0 aliphatic carbocycles. The number of nitrogens with two attached hydrogens (primary N) is 2. The van der Waals surface area contributed by atoms with Crippen LogP contribution in [0.1, 0.15) is 164 Å². The van der Waals surface area contributed by atoms with E-state index in [0.717, 1.165) is 57.1 Å². The van der Waals surface area contributed by atoms with E-state index in [0.29, 0.717) is 44.0 Å². The predicted octanol–water partition coefficient (Wildman–Crippen LogP) is 6.35. The molecule has 84 heavy (non-hydrogen) atoms. The molecule has 23 nitrogen and oxygen atoms in total. The topological polar surface area (TPSA) is 349 Å². The molecule has 488 valence electrons. The first-order chi connectivity index (χ1) is 39.8. The van der Waals surface area contributed by atoms with Crippen molar-refractivity contribution in [2.75, 3.05) is 64.6 Å². The molecule has 1 unspecified atom stereocenters. The van der Waals surface area contributed by atoms with Crippen LogP contribution in [0, 0.1) is 18.8 Å². The number of carbonyl (C=O) groups is 7. The Kier molecular flexibility index (Phi) is 56.2. The first-order valence-corrected chi connectivity index (χ1v) is 32.3. The summed E-state index contributed by atoms with van der Waals surface area (Å²) in [7, 11) is -4.34. The average molecular weight is 1250 g/mol. The zero-order chi connectivity index (χ0) is 64.9. The molecule has 1 aromatic carbocycles. The van der Waals surface area contributed by atoms with Crippen molar-refractivity contribution in [2.45, 2.75) is 196 Å². The Labute approximate surface area is 514 Å².